The van der Waals surface area contributed by atoms with Gasteiger partial charge in [0.2, 0.25) is 6.41 Å². The molecule has 0 aliphatic heterocycles. The molecule has 1 rings (SSSR count). The van der Waals surface area contributed by atoms with Gasteiger partial charge in [0.05, 0.1) is 7.11 Å². The molecule has 1 N–H and O–H groups in total. The molecule has 1 unspecified atom stereocenters. The summed E-state index contributed by atoms with van der Waals surface area (Å²) in [6.45, 7) is 5.13. The van der Waals surface area contributed by atoms with E-state index in [-0.39, 0.29) is 12.5 Å². The highest BCUT2D eigenvalue weighted by molar-refractivity contribution is 5.81. The van der Waals surface area contributed by atoms with E-state index in [2.05, 4.69) is 0 Å². The van der Waals surface area contributed by atoms with Crippen molar-refractivity contribution in [2.75, 3.05) is 7.11 Å². The topological polar surface area (TPSA) is 66.8 Å². The molecule has 0 heterocycles. The van der Waals surface area contributed by atoms with Crippen molar-refractivity contribution in [2.24, 2.45) is 0 Å². The van der Waals surface area contributed by atoms with Crippen LogP contribution in [0.1, 0.15) is 26.3 Å². The molecule has 0 bridgehead atoms. The molecule has 5 nitrogen and oxygen atoms in total. The Balaban J connectivity index is 3.21. The van der Waals surface area contributed by atoms with Crippen molar-refractivity contribution in [1.82, 2.24) is 4.90 Å². The average molecular weight is 279 g/mol. The number of amides is 1. The Morgan fingerprint density at radius 1 is 1.45 bits per heavy atom. The normalized spacial score (nSPS) is 13.7. The van der Waals surface area contributed by atoms with Crippen molar-refractivity contribution < 1.29 is 19.4 Å². The first-order chi connectivity index (χ1) is 9.36. The van der Waals surface area contributed by atoms with E-state index in [1.165, 1.54) is 12.0 Å². The average Bonchev–Trinajstić information content (AvgIpc) is 2.39. The van der Waals surface area contributed by atoms with Crippen LogP contribution < -0.4 is 4.74 Å². The number of carboxylic acid groups (broad SMARTS) is 1. The summed E-state index contributed by atoms with van der Waals surface area (Å²) in [4.78, 5) is 24.3. The number of para-hydroxylation sites is 1. The zero-order valence-corrected chi connectivity index (χ0v) is 12.3. The van der Waals surface area contributed by atoms with E-state index >= 15 is 0 Å². The summed E-state index contributed by atoms with van der Waals surface area (Å²) < 4.78 is 5.25. The van der Waals surface area contributed by atoms with Crippen LogP contribution in [0.2, 0.25) is 0 Å². The number of carbonyl (C=O) groups excluding carboxylic acids is 1. The van der Waals surface area contributed by atoms with Gasteiger partial charge < -0.3 is 14.7 Å². The van der Waals surface area contributed by atoms with E-state index in [9.17, 15) is 14.7 Å². The number of nitrogens with zero attached hydrogens (tertiary/aromatic N) is 1. The van der Waals surface area contributed by atoms with Crippen LogP contribution in [-0.4, -0.2) is 41.1 Å². The third-order valence-electron chi connectivity index (χ3n) is 3.43. The molecular formula is C15H21NO4. The molecule has 0 aliphatic rings. The molecule has 0 fully saturated rings. The minimum atomic E-state index is -1.31. The van der Waals surface area contributed by atoms with Crippen LogP contribution in [0.3, 0.4) is 0 Å². The maximum absolute atomic E-state index is 11.7. The van der Waals surface area contributed by atoms with E-state index < -0.39 is 11.5 Å². The van der Waals surface area contributed by atoms with Crippen molar-refractivity contribution in [3.63, 3.8) is 0 Å². The Labute approximate surface area is 119 Å². The highest BCUT2D eigenvalue weighted by Crippen LogP contribution is 2.27. The number of benzene rings is 1. The molecule has 1 atom stereocenters. The summed E-state index contributed by atoms with van der Waals surface area (Å²) in [5, 5.41) is 9.57. The van der Waals surface area contributed by atoms with Crippen LogP contribution in [0.15, 0.2) is 24.3 Å². The molecule has 110 valence electrons. The fraction of sp³-hybridized carbons (Fsp3) is 0.467. The van der Waals surface area contributed by atoms with E-state index in [1.54, 1.807) is 26.8 Å². The number of hydrogen-bond donors (Lipinski definition) is 1. The summed E-state index contributed by atoms with van der Waals surface area (Å²) in [5.41, 5.74) is -0.558. The van der Waals surface area contributed by atoms with E-state index in [0.717, 1.165) is 5.56 Å². The lowest BCUT2D eigenvalue weighted by Crippen LogP contribution is -2.56. The quantitative estimate of drug-likeness (QED) is 0.775. The zero-order valence-electron chi connectivity index (χ0n) is 12.3. The Bertz CT molecular complexity index is 487. The molecule has 1 amide bonds. The number of carbonyl (C=O) groups is 2. The van der Waals surface area contributed by atoms with Gasteiger partial charge in [-0.05, 0) is 32.4 Å². The van der Waals surface area contributed by atoms with Crippen molar-refractivity contribution in [2.45, 2.75) is 38.8 Å². The van der Waals surface area contributed by atoms with Crippen LogP contribution in [0, 0.1) is 0 Å². The van der Waals surface area contributed by atoms with Gasteiger partial charge in [0.25, 0.3) is 0 Å². The Morgan fingerprint density at radius 2 is 2.05 bits per heavy atom. The molecule has 0 aromatic heterocycles. The van der Waals surface area contributed by atoms with Crippen LogP contribution in [0.4, 0.5) is 0 Å². The second-order valence-corrected chi connectivity index (χ2v) is 5.17. The smallest absolute Gasteiger partial charge is 0.329 e. The monoisotopic (exact) mass is 279 g/mol. The van der Waals surface area contributed by atoms with E-state index in [0.29, 0.717) is 12.2 Å². The van der Waals surface area contributed by atoms with Crippen molar-refractivity contribution in [3.05, 3.63) is 29.8 Å². The van der Waals surface area contributed by atoms with Crippen molar-refractivity contribution in [1.29, 1.82) is 0 Å². The molecule has 0 radical (unpaired) electrons. The van der Waals surface area contributed by atoms with Crippen molar-refractivity contribution in [3.8, 4) is 5.75 Å². The van der Waals surface area contributed by atoms with Gasteiger partial charge in [-0.25, -0.2) is 4.79 Å². The standard InChI is InChI=1S/C15H21NO4/c1-11(2)16(10-17)15(3,14(18)19)9-12-7-5-6-8-13(12)20-4/h5-8,10-11H,9H2,1-4H3,(H,18,19). The lowest BCUT2D eigenvalue weighted by Gasteiger charge is -2.38. The molecule has 1 aromatic rings. The molecule has 0 aliphatic carbocycles. The lowest BCUT2D eigenvalue weighted by atomic mass is 9.89. The van der Waals surface area contributed by atoms with E-state index in [4.69, 9.17) is 4.74 Å². The number of methoxy groups -OCH3 is 1. The first kappa shape index (κ1) is 16.0. The highest BCUT2D eigenvalue weighted by atomic mass is 16.5. The Morgan fingerprint density at radius 3 is 2.50 bits per heavy atom. The van der Waals surface area contributed by atoms with Gasteiger partial charge in [-0.1, -0.05) is 18.2 Å². The highest BCUT2D eigenvalue weighted by Gasteiger charge is 2.41. The summed E-state index contributed by atoms with van der Waals surface area (Å²) >= 11 is 0. The van der Waals surface area contributed by atoms with Crippen molar-refractivity contribution >= 4 is 12.4 Å². The Kier molecular flexibility index (Phi) is 5.13. The maximum Gasteiger partial charge on any atom is 0.329 e. The molecule has 5 heteroatoms. The van der Waals surface area contributed by atoms with Gasteiger partial charge >= 0.3 is 5.97 Å². The van der Waals surface area contributed by atoms with E-state index in [1.807, 2.05) is 18.2 Å². The zero-order chi connectivity index (χ0) is 15.3. The SMILES string of the molecule is COc1ccccc1CC(C)(C(=O)O)N(C=O)C(C)C. The summed E-state index contributed by atoms with van der Waals surface area (Å²) in [7, 11) is 1.54. The molecule has 0 spiro atoms. The predicted octanol–water partition coefficient (Wildman–Crippen LogP) is 1.95. The van der Waals surface area contributed by atoms with Gasteiger partial charge in [0.1, 0.15) is 11.3 Å². The first-order valence-electron chi connectivity index (χ1n) is 6.45. The predicted molar refractivity (Wildman–Crippen MR) is 75.8 cm³/mol. The third kappa shape index (κ3) is 3.10. The van der Waals surface area contributed by atoms with Crippen LogP contribution in [0.25, 0.3) is 0 Å². The number of aliphatic carboxylic acids is 1. The first-order valence-corrected chi connectivity index (χ1v) is 6.45. The molecule has 0 saturated heterocycles. The van der Waals surface area contributed by atoms with Gasteiger partial charge in [-0.2, -0.15) is 0 Å². The fourth-order valence-corrected chi connectivity index (χ4v) is 2.31. The molecular weight excluding hydrogens is 258 g/mol. The summed E-state index contributed by atoms with van der Waals surface area (Å²) in [6.07, 6.45) is 0.775. The number of carboxylic acids is 1. The molecule has 0 saturated carbocycles. The number of rotatable bonds is 7. The van der Waals surface area contributed by atoms with Crippen LogP contribution in [0.5, 0.6) is 5.75 Å². The number of ether oxygens (including phenoxy) is 1. The van der Waals surface area contributed by atoms with Crippen LogP contribution >= 0.6 is 0 Å². The molecule has 20 heavy (non-hydrogen) atoms. The van der Waals surface area contributed by atoms with Gasteiger partial charge in [0.15, 0.2) is 0 Å². The van der Waals surface area contributed by atoms with Crippen LogP contribution in [-0.2, 0) is 16.0 Å². The second kappa shape index (κ2) is 6.41. The fourth-order valence-electron chi connectivity index (χ4n) is 2.31. The summed E-state index contributed by atoms with van der Waals surface area (Å²) in [5.74, 6) is -0.418. The lowest BCUT2D eigenvalue weighted by molar-refractivity contribution is -0.155. The van der Waals surface area contributed by atoms with Gasteiger partial charge in [-0.3, -0.25) is 4.79 Å². The number of hydrogen-bond acceptors (Lipinski definition) is 3. The maximum atomic E-state index is 11.7. The summed E-state index contributed by atoms with van der Waals surface area (Å²) in [6, 6.07) is 7.02. The van der Waals surface area contributed by atoms with Gasteiger partial charge in [0, 0.05) is 12.5 Å². The Hall–Kier alpha value is -2.04. The minimum absolute atomic E-state index is 0.184. The van der Waals surface area contributed by atoms with Gasteiger partial charge in [-0.15, -0.1) is 0 Å². The third-order valence-corrected chi connectivity index (χ3v) is 3.43. The second-order valence-electron chi connectivity index (χ2n) is 5.17. The largest absolute Gasteiger partial charge is 0.496 e. The minimum Gasteiger partial charge on any atom is -0.496 e. The molecule has 1 aromatic carbocycles.